The van der Waals surface area contributed by atoms with E-state index in [1.807, 2.05) is 0 Å². The predicted octanol–water partition coefficient (Wildman–Crippen LogP) is -0.201. The zero-order valence-corrected chi connectivity index (χ0v) is 11.6. The Morgan fingerprint density at radius 3 is 2.71 bits per heavy atom. The van der Waals surface area contributed by atoms with Crippen LogP contribution in [0.25, 0.3) is 0 Å². The number of benzene rings is 1. The van der Waals surface area contributed by atoms with Crippen molar-refractivity contribution in [2.24, 2.45) is 5.73 Å². The van der Waals surface area contributed by atoms with Crippen molar-refractivity contribution in [1.82, 2.24) is 4.90 Å². The highest BCUT2D eigenvalue weighted by Gasteiger charge is 2.30. The van der Waals surface area contributed by atoms with Crippen LogP contribution in [-0.4, -0.2) is 55.6 Å². The fourth-order valence-corrected chi connectivity index (χ4v) is 2.10. The van der Waals surface area contributed by atoms with Gasteiger partial charge in [0.15, 0.2) is 6.10 Å². The molecule has 1 saturated heterocycles. The molecule has 1 aromatic carbocycles. The lowest BCUT2D eigenvalue weighted by Crippen LogP contribution is -2.48. The second kappa shape index (κ2) is 6.36. The molecule has 2 rings (SSSR count). The summed E-state index contributed by atoms with van der Waals surface area (Å²) in [6.07, 6.45) is -0.785. The Bertz CT molecular complexity index is 572. The fraction of sp³-hybridized carbons (Fsp3) is 0.357. The van der Waals surface area contributed by atoms with E-state index in [0.29, 0.717) is 12.1 Å². The van der Waals surface area contributed by atoms with Crippen LogP contribution >= 0.6 is 0 Å². The first-order valence-corrected chi connectivity index (χ1v) is 6.41. The van der Waals surface area contributed by atoms with Crippen LogP contribution in [0.2, 0.25) is 0 Å². The van der Waals surface area contributed by atoms with Gasteiger partial charge in [0.1, 0.15) is 0 Å². The molecule has 0 aliphatic carbocycles. The van der Waals surface area contributed by atoms with E-state index in [2.05, 4.69) is 4.74 Å². The van der Waals surface area contributed by atoms with Gasteiger partial charge in [-0.05, 0) is 18.2 Å². The first kappa shape index (κ1) is 15.0. The maximum absolute atomic E-state index is 12.4. The summed E-state index contributed by atoms with van der Waals surface area (Å²) in [5, 5.41) is 0. The van der Waals surface area contributed by atoms with Crippen molar-refractivity contribution in [1.29, 1.82) is 0 Å². The van der Waals surface area contributed by atoms with E-state index in [1.165, 1.54) is 24.1 Å². The molecule has 2 N–H and O–H groups in total. The number of amides is 2. The molecule has 2 amide bonds. The summed E-state index contributed by atoms with van der Waals surface area (Å²) in [6.45, 7) is 0.737. The van der Waals surface area contributed by atoms with Gasteiger partial charge >= 0.3 is 5.97 Å². The molecule has 7 heteroatoms. The standard InChI is InChI=1S/C14H16N2O5/c1-20-14(19)11-8-16(5-6-21-11)13(18)10-4-2-3-9(7-10)12(15)17/h2-4,7,11H,5-6,8H2,1H3,(H2,15,17). The second-order valence-corrected chi connectivity index (χ2v) is 4.58. The summed E-state index contributed by atoms with van der Waals surface area (Å²) >= 11 is 0. The Morgan fingerprint density at radius 1 is 1.33 bits per heavy atom. The molecular formula is C14H16N2O5. The zero-order chi connectivity index (χ0) is 15.4. The van der Waals surface area contributed by atoms with Gasteiger partial charge in [0.05, 0.1) is 20.3 Å². The third kappa shape index (κ3) is 3.38. The number of primary amides is 1. The Hall–Kier alpha value is -2.41. The van der Waals surface area contributed by atoms with Gasteiger partial charge in [-0.1, -0.05) is 6.07 Å². The van der Waals surface area contributed by atoms with E-state index in [1.54, 1.807) is 12.1 Å². The Balaban J connectivity index is 2.14. The number of rotatable bonds is 3. The van der Waals surface area contributed by atoms with E-state index in [4.69, 9.17) is 10.5 Å². The first-order valence-electron chi connectivity index (χ1n) is 6.41. The number of carbonyl (C=O) groups is 3. The molecule has 0 bridgehead atoms. The molecule has 1 aliphatic heterocycles. The van der Waals surface area contributed by atoms with Crippen LogP contribution in [0.15, 0.2) is 24.3 Å². The van der Waals surface area contributed by atoms with E-state index in [-0.39, 0.29) is 24.6 Å². The normalized spacial score (nSPS) is 18.1. The Kier molecular flexibility index (Phi) is 4.54. The predicted molar refractivity (Wildman–Crippen MR) is 72.6 cm³/mol. The van der Waals surface area contributed by atoms with Crippen LogP contribution in [0, 0.1) is 0 Å². The number of esters is 1. The molecule has 1 aliphatic rings. The molecule has 1 fully saturated rings. The van der Waals surface area contributed by atoms with Crippen molar-refractivity contribution in [3.63, 3.8) is 0 Å². The van der Waals surface area contributed by atoms with Crippen LogP contribution in [0.5, 0.6) is 0 Å². The van der Waals surface area contributed by atoms with Crippen LogP contribution in [0.4, 0.5) is 0 Å². The molecule has 1 unspecified atom stereocenters. The Morgan fingerprint density at radius 2 is 2.05 bits per heavy atom. The first-order chi connectivity index (χ1) is 10.0. The average molecular weight is 292 g/mol. The highest BCUT2D eigenvalue weighted by Crippen LogP contribution is 2.13. The third-order valence-electron chi connectivity index (χ3n) is 3.21. The number of nitrogens with zero attached hydrogens (tertiary/aromatic N) is 1. The second-order valence-electron chi connectivity index (χ2n) is 4.58. The van der Waals surface area contributed by atoms with Crippen molar-refractivity contribution in [3.8, 4) is 0 Å². The third-order valence-corrected chi connectivity index (χ3v) is 3.21. The van der Waals surface area contributed by atoms with Crippen molar-refractivity contribution >= 4 is 17.8 Å². The highest BCUT2D eigenvalue weighted by molar-refractivity contribution is 5.99. The monoisotopic (exact) mass is 292 g/mol. The molecular weight excluding hydrogens is 276 g/mol. The molecule has 1 heterocycles. The number of carbonyl (C=O) groups excluding carboxylic acids is 3. The van der Waals surface area contributed by atoms with Crippen LogP contribution in [0.3, 0.4) is 0 Å². The van der Waals surface area contributed by atoms with E-state index < -0.39 is 18.0 Å². The number of morpholine rings is 1. The van der Waals surface area contributed by atoms with E-state index >= 15 is 0 Å². The van der Waals surface area contributed by atoms with Crippen molar-refractivity contribution in [3.05, 3.63) is 35.4 Å². The van der Waals surface area contributed by atoms with E-state index in [9.17, 15) is 14.4 Å². The molecule has 112 valence electrons. The smallest absolute Gasteiger partial charge is 0.336 e. The summed E-state index contributed by atoms with van der Waals surface area (Å²) in [6, 6.07) is 6.16. The maximum Gasteiger partial charge on any atom is 0.336 e. The molecule has 1 atom stereocenters. The number of hydrogen-bond donors (Lipinski definition) is 1. The van der Waals surface area contributed by atoms with Crippen LogP contribution in [-0.2, 0) is 14.3 Å². The largest absolute Gasteiger partial charge is 0.467 e. The topological polar surface area (TPSA) is 98.9 Å². The summed E-state index contributed by atoms with van der Waals surface area (Å²) in [5.41, 5.74) is 5.80. The molecule has 7 nitrogen and oxygen atoms in total. The number of nitrogens with two attached hydrogens (primary N) is 1. The van der Waals surface area contributed by atoms with Gasteiger partial charge in [-0.2, -0.15) is 0 Å². The minimum Gasteiger partial charge on any atom is -0.467 e. The van der Waals surface area contributed by atoms with Gasteiger partial charge in [-0.15, -0.1) is 0 Å². The van der Waals surface area contributed by atoms with E-state index in [0.717, 1.165) is 0 Å². The minimum atomic E-state index is -0.785. The summed E-state index contributed by atoms with van der Waals surface area (Å²) in [5.74, 6) is -1.40. The lowest BCUT2D eigenvalue weighted by molar-refractivity contribution is -0.158. The fourth-order valence-electron chi connectivity index (χ4n) is 2.10. The van der Waals surface area contributed by atoms with Crippen molar-refractivity contribution < 1.29 is 23.9 Å². The number of ether oxygens (including phenoxy) is 2. The summed E-state index contributed by atoms with van der Waals surface area (Å²) < 4.78 is 9.88. The molecule has 0 saturated carbocycles. The van der Waals surface area contributed by atoms with Crippen molar-refractivity contribution in [2.75, 3.05) is 26.8 Å². The van der Waals surface area contributed by atoms with Gasteiger partial charge in [0.2, 0.25) is 5.91 Å². The highest BCUT2D eigenvalue weighted by atomic mass is 16.6. The zero-order valence-electron chi connectivity index (χ0n) is 11.6. The van der Waals surface area contributed by atoms with Crippen molar-refractivity contribution in [2.45, 2.75) is 6.10 Å². The average Bonchev–Trinajstić information content (AvgIpc) is 2.53. The van der Waals surface area contributed by atoms with Gasteiger partial charge in [-0.25, -0.2) is 4.79 Å². The maximum atomic E-state index is 12.4. The molecule has 0 spiro atoms. The SMILES string of the molecule is COC(=O)C1CN(C(=O)c2cccc(C(N)=O)c2)CCO1. The lowest BCUT2D eigenvalue weighted by atomic mass is 10.1. The van der Waals surface area contributed by atoms with Gasteiger partial charge in [0, 0.05) is 17.7 Å². The van der Waals surface area contributed by atoms with Gasteiger partial charge in [0.25, 0.3) is 5.91 Å². The minimum absolute atomic E-state index is 0.117. The number of hydrogen-bond acceptors (Lipinski definition) is 5. The quantitative estimate of drug-likeness (QED) is 0.778. The number of methoxy groups -OCH3 is 1. The molecule has 0 aromatic heterocycles. The molecule has 1 aromatic rings. The summed E-state index contributed by atoms with van der Waals surface area (Å²) in [7, 11) is 1.27. The molecule has 21 heavy (non-hydrogen) atoms. The summed E-state index contributed by atoms with van der Waals surface area (Å²) in [4.78, 5) is 36.5. The molecule has 0 radical (unpaired) electrons. The Labute approximate surface area is 121 Å². The van der Waals surface area contributed by atoms with Gasteiger partial charge in [-0.3, -0.25) is 9.59 Å². The lowest BCUT2D eigenvalue weighted by Gasteiger charge is -2.31. The van der Waals surface area contributed by atoms with Gasteiger partial charge < -0.3 is 20.1 Å². The van der Waals surface area contributed by atoms with Crippen LogP contribution < -0.4 is 5.73 Å². The van der Waals surface area contributed by atoms with Crippen LogP contribution in [0.1, 0.15) is 20.7 Å².